The van der Waals surface area contributed by atoms with Gasteiger partial charge >= 0.3 is 0 Å². The number of carbonyl (C=O) groups excluding carboxylic acids is 1. The van der Waals surface area contributed by atoms with E-state index in [4.69, 9.17) is 0 Å². The van der Waals surface area contributed by atoms with Crippen molar-refractivity contribution in [3.8, 4) is 22.0 Å². The Bertz CT molecular complexity index is 1250. The second-order valence-corrected chi connectivity index (χ2v) is 8.18. The number of rotatable bonds is 4. The second kappa shape index (κ2) is 7.84. The molecule has 154 valence electrons. The number of nitroso groups, excluding NO2 is 1. The van der Waals surface area contributed by atoms with Gasteiger partial charge in [0.1, 0.15) is 5.69 Å². The van der Waals surface area contributed by atoms with Crippen LogP contribution in [0.3, 0.4) is 0 Å². The molecular weight excluding hydrogens is 412 g/mol. The summed E-state index contributed by atoms with van der Waals surface area (Å²) in [6.07, 6.45) is 0. The van der Waals surface area contributed by atoms with Gasteiger partial charge in [-0.25, -0.2) is 4.98 Å². The van der Waals surface area contributed by atoms with Crippen LogP contribution in [0.1, 0.15) is 29.1 Å². The van der Waals surface area contributed by atoms with Crippen LogP contribution in [0.5, 0.6) is 0 Å². The highest BCUT2D eigenvalue weighted by Crippen LogP contribution is 2.30. The van der Waals surface area contributed by atoms with Crippen molar-refractivity contribution >= 4 is 23.1 Å². The number of carbonyl (C=O) groups is 1. The fraction of sp³-hybridized carbons (Fsp3) is 0.182. The minimum Gasteiger partial charge on any atom is -0.327 e. The molecule has 0 bridgehead atoms. The number of benzene rings is 1. The fourth-order valence-electron chi connectivity index (χ4n) is 3.84. The zero-order chi connectivity index (χ0) is 21.4. The minimum absolute atomic E-state index is 0.0358. The predicted molar refractivity (Wildman–Crippen MR) is 118 cm³/mol. The Morgan fingerprint density at radius 2 is 1.90 bits per heavy atom. The molecule has 0 aliphatic carbocycles. The van der Waals surface area contributed by atoms with E-state index < -0.39 is 0 Å². The molecule has 0 saturated heterocycles. The van der Waals surface area contributed by atoms with Gasteiger partial charge in [-0.2, -0.15) is 0 Å². The molecule has 8 nitrogen and oxygen atoms in total. The Labute approximate surface area is 182 Å². The molecule has 1 aliphatic rings. The van der Waals surface area contributed by atoms with Crippen LogP contribution in [-0.2, 0) is 6.54 Å². The molecule has 0 unspecified atom stereocenters. The first-order valence-electron chi connectivity index (χ1n) is 9.84. The van der Waals surface area contributed by atoms with Crippen molar-refractivity contribution < 1.29 is 4.79 Å². The van der Waals surface area contributed by atoms with Gasteiger partial charge in [-0.1, -0.05) is 24.3 Å². The van der Waals surface area contributed by atoms with E-state index >= 15 is 0 Å². The Morgan fingerprint density at radius 3 is 2.65 bits per heavy atom. The van der Waals surface area contributed by atoms with E-state index in [1.165, 1.54) is 10.9 Å². The van der Waals surface area contributed by atoms with E-state index in [2.05, 4.69) is 26.4 Å². The normalized spacial score (nSPS) is 15.5. The van der Waals surface area contributed by atoms with E-state index in [1.807, 2.05) is 52.1 Å². The molecule has 0 radical (unpaired) electrons. The maximum atomic E-state index is 13.2. The van der Waals surface area contributed by atoms with E-state index in [0.29, 0.717) is 36.0 Å². The number of hydrogen-bond acceptors (Lipinski definition) is 7. The zero-order valence-corrected chi connectivity index (χ0v) is 17.5. The minimum atomic E-state index is -0.244. The number of nitrogens with zero attached hydrogens (tertiary/aromatic N) is 6. The van der Waals surface area contributed by atoms with Crippen LogP contribution in [0, 0.1) is 4.91 Å². The van der Waals surface area contributed by atoms with E-state index in [1.54, 1.807) is 23.5 Å². The van der Waals surface area contributed by atoms with Crippen LogP contribution in [0.25, 0.3) is 22.0 Å². The van der Waals surface area contributed by atoms with Crippen molar-refractivity contribution in [2.45, 2.75) is 19.5 Å². The summed E-state index contributed by atoms with van der Waals surface area (Å²) in [5.41, 5.74) is 2.28. The average molecular weight is 430 g/mol. The molecule has 0 fully saturated rings. The lowest BCUT2D eigenvalue weighted by Gasteiger charge is -2.33. The Hall–Kier alpha value is -3.72. The van der Waals surface area contributed by atoms with Gasteiger partial charge in [0, 0.05) is 23.5 Å². The van der Waals surface area contributed by atoms with Crippen molar-refractivity contribution in [2.24, 2.45) is 5.18 Å². The summed E-state index contributed by atoms with van der Waals surface area (Å²) in [6.45, 7) is 3.01. The molecule has 4 heterocycles. The number of pyridine rings is 1. The molecule has 1 amide bonds. The lowest BCUT2D eigenvalue weighted by Crippen LogP contribution is -2.41. The van der Waals surface area contributed by atoms with Gasteiger partial charge in [0.25, 0.3) is 5.91 Å². The van der Waals surface area contributed by atoms with Crippen LogP contribution in [0.2, 0.25) is 0 Å². The molecule has 0 N–H and O–H groups in total. The molecule has 3 aromatic heterocycles. The molecule has 1 aliphatic heterocycles. The van der Waals surface area contributed by atoms with Crippen molar-refractivity contribution in [1.82, 2.24) is 24.6 Å². The molecule has 1 atom stereocenters. The third kappa shape index (κ3) is 3.42. The topological polar surface area (TPSA) is 93.3 Å². The lowest BCUT2D eigenvalue weighted by atomic mass is 10.1. The summed E-state index contributed by atoms with van der Waals surface area (Å²) in [4.78, 5) is 31.2. The first-order valence-corrected chi connectivity index (χ1v) is 10.7. The quantitative estimate of drug-likeness (QED) is 0.438. The molecule has 1 aromatic carbocycles. The molecule has 5 rings (SSSR count). The molecule has 9 heteroatoms. The first kappa shape index (κ1) is 19.3. The number of amides is 1. The van der Waals surface area contributed by atoms with Crippen LogP contribution < -0.4 is 0 Å². The smallest absolute Gasteiger partial charge is 0.254 e. The number of fused-ring (bicyclic) bond motifs is 1. The van der Waals surface area contributed by atoms with Crippen molar-refractivity contribution in [2.75, 3.05) is 6.54 Å². The second-order valence-electron chi connectivity index (χ2n) is 7.23. The summed E-state index contributed by atoms with van der Waals surface area (Å²) in [5, 5.41) is 13.5. The first-order chi connectivity index (χ1) is 15.2. The Kier molecular flexibility index (Phi) is 4.87. The summed E-state index contributed by atoms with van der Waals surface area (Å²) in [5.74, 6) is 1.32. The molecule has 4 aromatic rings. The predicted octanol–water partition coefficient (Wildman–Crippen LogP) is 4.68. The highest BCUT2D eigenvalue weighted by molar-refractivity contribution is 7.13. The van der Waals surface area contributed by atoms with Crippen LogP contribution >= 0.6 is 11.3 Å². The Balaban J connectivity index is 1.40. The van der Waals surface area contributed by atoms with Gasteiger partial charge in [-0.3, -0.25) is 4.79 Å². The van der Waals surface area contributed by atoms with Crippen molar-refractivity contribution in [1.29, 1.82) is 0 Å². The fourth-order valence-corrected chi connectivity index (χ4v) is 4.57. The van der Waals surface area contributed by atoms with Gasteiger partial charge in [0.2, 0.25) is 0 Å². The van der Waals surface area contributed by atoms with E-state index in [9.17, 15) is 9.70 Å². The summed E-state index contributed by atoms with van der Waals surface area (Å²) in [6, 6.07) is 16.6. The summed E-state index contributed by atoms with van der Waals surface area (Å²) >= 11 is 1.67. The van der Waals surface area contributed by atoms with Gasteiger partial charge < -0.3 is 9.47 Å². The highest BCUT2D eigenvalue weighted by atomic mass is 32.1. The molecular formula is C22H18N6O2S. The van der Waals surface area contributed by atoms with Crippen LogP contribution in [0.4, 0.5) is 5.82 Å². The molecule has 0 spiro atoms. The maximum Gasteiger partial charge on any atom is 0.254 e. The van der Waals surface area contributed by atoms with Gasteiger partial charge in [-0.05, 0) is 53.4 Å². The SMILES string of the molecule is C[C@@H]1c2nnc(-c3cccc(N=O)n3)n2CCN1C(=O)c1ccc(-c2cccs2)cc1. The average Bonchev–Trinajstić information content (AvgIpc) is 3.50. The number of hydrogen-bond donors (Lipinski definition) is 0. The standard InChI is InChI=1S/C22H18N6O2S/c1-14-20-24-25-21(17-4-2-6-19(23-17)26-30)28(20)12-11-27(14)22(29)16-9-7-15(8-10-16)18-5-3-13-31-18/h2-10,13-14H,11-12H2,1H3/t14-/m1/s1. The largest absolute Gasteiger partial charge is 0.327 e. The van der Waals surface area contributed by atoms with Crippen LogP contribution in [0.15, 0.2) is 65.2 Å². The summed E-state index contributed by atoms with van der Waals surface area (Å²) in [7, 11) is 0. The number of aromatic nitrogens is 4. The van der Waals surface area contributed by atoms with Gasteiger partial charge in [0.15, 0.2) is 17.5 Å². The zero-order valence-electron chi connectivity index (χ0n) is 16.7. The maximum absolute atomic E-state index is 13.2. The van der Waals surface area contributed by atoms with Gasteiger partial charge in [-0.15, -0.1) is 26.4 Å². The van der Waals surface area contributed by atoms with Crippen molar-refractivity contribution in [3.63, 3.8) is 0 Å². The summed E-state index contributed by atoms with van der Waals surface area (Å²) < 4.78 is 1.95. The highest BCUT2D eigenvalue weighted by Gasteiger charge is 2.32. The molecule has 31 heavy (non-hydrogen) atoms. The van der Waals surface area contributed by atoms with E-state index in [-0.39, 0.29) is 17.8 Å². The third-order valence-electron chi connectivity index (χ3n) is 5.44. The number of thiophene rings is 1. The molecule has 0 saturated carbocycles. The van der Waals surface area contributed by atoms with Crippen molar-refractivity contribution in [3.05, 3.63) is 76.3 Å². The Morgan fingerprint density at radius 1 is 1.06 bits per heavy atom. The van der Waals surface area contributed by atoms with Gasteiger partial charge in [0.05, 0.1) is 6.04 Å². The van der Waals surface area contributed by atoms with Crippen LogP contribution in [-0.4, -0.2) is 37.1 Å². The monoisotopic (exact) mass is 430 g/mol. The third-order valence-corrected chi connectivity index (χ3v) is 6.36. The van der Waals surface area contributed by atoms with E-state index in [0.717, 1.165) is 5.56 Å². The lowest BCUT2D eigenvalue weighted by molar-refractivity contribution is 0.0638.